The first kappa shape index (κ1) is 11.6. The maximum absolute atomic E-state index is 3.77. The Balaban J connectivity index is 0.00000121. The Bertz CT molecular complexity index is 125. The molecule has 0 aromatic rings. The van der Waals surface area contributed by atoms with E-state index in [4.69, 9.17) is 0 Å². The molecule has 0 radical (unpaired) electrons. The number of nitrogens with one attached hydrogen (secondary N) is 1. The average Bonchev–Trinajstić information content (AvgIpc) is 2.06. The molecule has 1 aliphatic heterocycles. The van der Waals surface area contributed by atoms with Crippen molar-refractivity contribution in [3.8, 4) is 0 Å². The van der Waals surface area contributed by atoms with Crippen LogP contribution in [0.2, 0.25) is 0 Å². The Labute approximate surface area is 75.4 Å². The zero-order chi connectivity index (χ0) is 8.10. The molecule has 1 fully saturated rings. The van der Waals surface area contributed by atoms with Gasteiger partial charge in [0.25, 0.3) is 0 Å². The quantitative estimate of drug-likeness (QED) is 0.623. The molecule has 0 saturated carbocycles. The molecule has 0 amide bonds. The van der Waals surface area contributed by atoms with Gasteiger partial charge in [-0.3, -0.25) is 4.90 Å². The Kier molecular flexibility index (Phi) is 5.98. The highest BCUT2D eigenvalue weighted by Gasteiger charge is 2.18. The topological polar surface area (TPSA) is 50.3 Å². The first-order valence-corrected chi connectivity index (χ1v) is 4.44. The van der Waals surface area contributed by atoms with E-state index in [-0.39, 0.29) is 6.15 Å². The molecule has 12 heavy (non-hydrogen) atoms. The van der Waals surface area contributed by atoms with E-state index in [1.165, 1.54) is 13.1 Å². The summed E-state index contributed by atoms with van der Waals surface area (Å²) in [6.45, 7) is 10.6. The van der Waals surface area contributed by atoms with E-state index >= 15 is 0 Å². The van der Waals surface area contributed by atoms with Crippen LogP contribution >= 0.6 is 0 Å². The van der Waals surface area contributed by atoms with Crippen LogP contribution < -0.4 is 11.5 Å². The number of rotatable bonds is 3. The van der Waals surface area contributed by atoms with Gasteiger partial charge >= 0.3 is 0 Å². The van der Waals surface area contributed by atoms with Gasteiger partial charge in [-0.15, -0.1) is 6.58 Å². The summed E-state index contributed by atoms with van der Waals surface area (Å²) < 4.78 is 0. The summed E-state index contributed by atoms with van der Waals surface area (Å²) in [5.74, 6) is 0. The van der Waals surface area contributed by atoms with Crippen LogP contribution in [0.4, 0.5) is 0 Å². The van der Waals surface area contributed by atoms with E-state index in [1.807, 2.05) is 6.08 Å². The highest BCUT2D eigenvalue weighted by Crippen LogP contribution is 2.06. The zero-order valence-electron chi connectivity index (χ0n) is 8.05. The monoisotopic (exact) mass is 171 g/mol. The molecule has 1 rings (SSSR count). The third kappa shape index (κ3) is 2.93. The first-order chi connectivity index (χ1) is 5.38. The van der Waals surface area contributed by atoms with E-state index < -0.39 is 0 Å². The number of likely N-dealkylation sites (N-methyl/N-ethyl adjacent to an activating group) is 1. The molecule has 3 heteroatoms. The molecule has 3 nitrogen and oxygen atoms in total. The van der Waals surface area contributed by atoms with E-state index in [2.05, 4.69) is 23.7 Å². The maximum atomic E-state index is 3.77. The molecule has 0 aromatic carbocycles. The predicted octanol–water partition coefficient (Wildman–Crippen LogP) is 1.02. The lowest BCUT2D eigenvalue weighted by Gasteiger charge is -2.34. The molecule has 1 heterocycles. The van der Waals surface area contributed by atoms with Crippen molar-refractivity contribution >= 4 is 0 Å². The third-order valence-electron chi connectivity index (χ3n) is 2.32. The molecule has 72 valence electrons. The Morgan fingerprint density at radius 2 is 2.42 bits per heavy atom. The summed E-state index contributed by atoms with van der Waals surface area (Å²) in [5, 5.41) is 3.39. The second-order valence-corrected chi connectivity index (χ2v) is 3.01. The summed E-state index contributed by atoms with van der Waals surface area (Å²) in [7, 11) is 0. The summed E-state index contributed by atoms with van der Waals surface area (Å²) >= 11 is 0. The molecule has 0 bridgehead atoms. The Hall–Kier alpha value is -0.380. The van der Waals surface area contributed by atoms with Gasteiger partial charge in [-0.05, 0) is 13.0 Å². The number of hydrogen-bond acceptors (Lipinski definition) is 3. The smallest absolute Gasteiger partial charge is 0.0255 e. The van der Waals surface area contributed by atoms with Crippen LogP contribution in [0.1, 0.15) is 13.3 Å². The lowest BCUT2D eigenvalue weighted by atomic mass is 10.1. The van der Waals surface area contributed by atoms with E-state index in [0.717, 1.165) is 19.5 Å². The van der Waals surface area contributed by atoms with E-state index in [1.54, 1.807) is 0 Å². The van der Waals surface area contributed by atoms with Crippen molar-refractivity contribution in [2.45, 2.75) is 19.4 Å². The van der Waals surface area contributed by atoms with Gasteiger partial charge in [0.2, 0.25) is 0 Å². The fourth-order valence-electron chi connectivity index (χ4n) is 1.64. The van der Waals surface area contributed by atoms with Crippen molar-refractivity contribution in [1.82, 2.24) is 16.4 Å². The first-order valence-electron chi connectivity index (χ1n) is 4.44. The average molecular weight is 171 g/mol. The minimum atomic E-state index is 0. The molecule has 0 aromatic heterocycles. The SMILES string of the molecule is C=CCC1CNCCN1CC.N. The van der Waals surface area contributed by atoms with Gasteiger partial charge in [0.1, 0.15) is 0 Å². The largest absolute Gasteiger partial charge is 0.344 e. The van der Waals surface area contributed by atoms with Crippen molar-refractivity contribution in [3.05, 3.63) is 12.7 Å². The number of piperazine rings is 1. The second kappa shape index (κ2) is 6.17. The summed E-state index contributed by atoms with van der Waals surface area (Å²) in [6.07, 6.45) is 3.13. The van der Waals surface area contributed by atoms with Gasteiger partial charge in [-0.2, -0.15) is 0 Å². The molecule has 4 N–H and O–H groups in total. The van der Waals surface area contributed by atoms with Crippen molar-refractivity contribution in [2.24, 2.45) is 0 Å². The Morgan fingerprint density at radius 3 is 3.00 bits per heavy atom. The second-order valence-electron chi connectivity index (χ2n) is 3.01. The van der Waals surface area contributed by atoms with Crippen LogP contribution in [0, 0.1) is 0 Å². The highest BCUT2D eigenvalue weighted by atomic mass is 15.2. The summed E-state index contributed by atoms with van der Waals surface area (Å²) in [4.78, 5) is 2.51. The highest BCUT2D eigenvalue weighted by molar-refractivity contribution is 4.84. The summed E-state index contributed by atoms with van der Waals surface area (Å²) in [5.41, 5.74) is 0. The molecule has 0 spiro atoms. The minimum absolute atomic E-state index is 0. The fraction of sp³-hybridized carbons (Fsp3) is 0.778. The van der Waals surface area contributed by atoms with Gasteiger partial charge in [-0.25, -0.2) is 0 Å². The summed E-state index contributed by atoms with van der Waals surface area (Å²) in [6, 6.07) is 0.686. The van der Waals surface area contributed by atoms with Crippen LogP contribution in [-0.2, 0) is 0 Å². The normalized spacial score (nSPS) is 24.6. The standard InChI is InChI=1S/C9H18N2.H3N/c1-3-5-9-8-10-6-7-11(9)4-2;/h3,9-10H,1,4-8H2,2H3;1H3. The molecule has 1 aliphatic rings. The van der Waals surface area contributed by atoms with Gasteiger partial charge in [-0.1, -0.05) is 13.0 Å². The van der Waals surface area contributed by atoms with Crippen molar-refractivity contribution < 1.29 is 0 Å². The van der Waals surface area contributed by atoms with E-state index in [9.17, 15) is 0 Å². The zero-order valence-corrected chi connectivity index (χ0v) is 8.05. The van der Waals surface area contributed by atoms with Gasteiger partial charge in [0, 0.05) is 25.7 Å². The van der Waals surface area contributed by atoms with Crippen LogP contribution in [-0.4, -0.2) is 37.1 Å². The lowest BCUT2D eigenvalue weighted by Crippen LogP contribution is -2.50. The van der Waals surface area contributed by atoms with Crippen LogP contribution in [0.15, 0.2) is 12.7 Å². The third-order valence-corrected chi connectivity index (χ3v) is 2.32. The van der Waals surface area contributed by atoms with Crippen molar-refractivity contribution in [3.63, 3.8) is 0 Å². The molecule has 1 atom stereocenters. The molecular weight excluding hydrogens is 150 g/mol. The van der Waals surface area contributed by atoms with Crippen LogP contribution in [0.3, 0.4) is 0 Å². The lowest BCUT2D eigenvalue weighted by molar-refractivity contribution is 0.171. The predicted molar refractivity (Wildman–Crippen MR) is 53.7 cm³/mol. The molecular formula is C9H21N3. The fourth-order valence-corrected chi connectivity index (χ4v) is 1.64. The minimum Gasteiger partial charge on any atom is -0.344 e. The number of nitrogens with zero attached hydrogens (tertiary/aromatic N) is 1. The van der Waals surface area contributed by atoms with Crippen molar-refractivity contribution in [1.29, 1.82) is 0 Å². The molecule has 1 saturated heterocycles. The van der Waals surface area contributed by atoms with Gasteiger partial charge in [0.15, 0.2) is 0 Å². The van der Waals surface area contributed by atoms with Crippen molar-refractivity contribution in [2.75, 3.05) is 26.2 Å². The molecule has 0 aliphatic carbocycles. The van der Waals surface area contributed by atoms with Crippen LogP contribution in [0.25, 0.3) is 0 Å². The maximum Gasteiger partial charge on any atom is 0.0255 e. The van der Waals surface area contributed by atoms with E-state index in [0.29, 0.717) is 6.04 Å². The molecule has 1 unspecified atom stereocenters. The van der Waals surface area contributed by atoms with Gasteiger partial charge in [0.05, 0.1) is 0 Å². The number of hydrogen-bond donors (Lipinski definition) is 2. The Morgan fingerprint density at radius 1 is 1.67 bits per heavy atom. The van der Waals surface area contributed by atoms with Crippen LogP contribution in [0.5, 0.6) is 0 Å². The van der Waals surface area contributed by atoms with Gasteiger partial charge < -0.3 is 11.5 Å².